The highest BCUT2D eigenvalue weighted by atomic mass is 16.3. The smallest absolute Gasteiger partial charge is 0.0981 e. The van der Waals surface area contributed by atoms with Crippen molar-refractivity contribution < 1.29 is 5.11 Å². The Labute approximate surface area is 101 Å². The van der Waals surface area contributed by atoms with Crippen LogP contribution in [0.2, 0.25) is 0 Å². The molecule has 2 fully saturated rings. The van der Waals surface area contributed by atoms with Crippen LogP contribution in [0.5, 0.6) is 0 Å². The first-order chi connectivity index (χ1) is 8.25. The second-order valence-corrected chi connectivity index (χ2v) is 5.48. The second kappa shape index (κ2) is 4.38. The first-order valence-electron chi connectivity index (χ1n) is 6.56. The number of hydrogen-bond donors (Lipinski definition) is 1. The largest absolute Gasteiger partial charge is 0.387 e. The van der Waals surface area contributed by atoms with Gasteiger partial charge in [-0.15, -0.1) is 5.10 Å². The minimum absolute atomic E-state index is 0.566. The third-order valence-corrected chi connectivity index (χ3v) is 4.13. The summed E-state index contributed by atoms with van der Waals surface area (Å²) in [6.45, 7) is 2.38. The average Bonchev–Trinajstić information content (AvgIpc) is 2.98. The van der Waals surface area contributed by atoms with Gasteiger partial charge in [-0.05, 0) is 19.3 Å². The molecule has 0 bridgehead atoms. The Morgan fingerprint density at radius 2 is 2.18 bits per heavy atom. The van der Waals surface area contributed by atoms with Gasteiger partial charge in [0.1, 0.15) is 0 Å². The van der Waals surface area contributed by atoms with E-state index in [0.717, 1.165) is 19.5 Å². The van der Waals surface area contributed by atoms with Crippen LogP contribution >= 0.6 is 0 Å². The molecule has 1 aliphatic carbocycles. The van der Waals surface area contributed by atoms with Crippen molar-refractivity contribution in [3.8, 4) is 0 Å². The maximum absolute atomic E-state index is 10.6. The topological polar surface area (TPSA) is 54.2 Å². The van der Waals surface area contributed by atoms with Gasteiger partial charge in [0.15, 0.2) is 0 Å². The maximum Gasteiger partial charge on any atom is 0.0981 e. The molecule has 1 N–H and O–H groups in total. The van der Waals surface area contributed by atoms with E-state index in [2.05, 4.69) is 15.2 Å². The van der Waals surface area contributed by atoms with Crippen LogP contribution in [-0.4, -0.2) is 49.7 Å². The van der Waals surface area contributed by atoms with Gasteiger partial charge in [0, 0.05) is 25.3 Å². The summed E-state index contributed by atoms with van der Waals surface area (Å²) < 4.78 is 1.73. The zero-order valence-electron chi connectivity index (χ0n) is 10.1. The summed E-state index contributed by atoms with van der Waals surface area (Å²) in [4.78, 5) is 2.46. The Morgan fingerprint density at radius 3 is 2.88 bits per heavy atom. The van der Waals surface area contributed by atoms with E-state index in [9.17, 15) is 5.11 Å². The van der Waals surface area contributed by atoms with Gasteiger partial charge in [0.05, 0.1) is 18.3 Å². The van der Waals surface area contributed by atoms with Gasteiger partial charge in [-0.1, -0.05) is 18.1 Å². The summed E-state index contributed by atoms with van der Waals surface area (Å²) in [7, 11) is 0. The van der Waals surface area contributed by atoms with E-state index >= 15 is 0 Å². The predicted molar refractivity (Wildman–Crippen MR) is 63.4 cm³/mol. The molecule has 1 aromatic heterocycles. The van der Waals surface area contributed by atoms with E-state index in [1.54, 1.807) is 10.9 Å². The van der Waals surface area contributed by atoms with Crippen LogP contribution in [0.4, 0.5) is 0 Å². The molecule has 0 amide bonds. The lowest BCUT2D eigenvalue weighted by atomic mass is 10.0. The van der Waals surface area contributed by atoms with Crippen molar-refractivity contribution >= 4 is 0 Å². The minimum Gasteiger partial charge on any atom is -0.387 e. The van der Waals surface area contributed by atoms with Crippen molar-refractivity contribution in [2.75, 3.05) is 13.1 Å². The Kier molecular flexibility index (Phi) is 2.88. The number of likely N-dealkylation sites (tertiary alicyclic amines) is 1. The molecule has 1 atom stereocenters. The molecule has 1 saturated carbocycles. The molecule has 2 aliphatic rings. The lowest BCUT2D eigenvalue weighted by molar-refractivity contribution is 0.0238. The van der Waals surface area contributed by atoms with Crippen molar-refractivity contribution in [3.63, 3.8) is 0 Å². The fraction of sp³-hybridized carbons (Fsp3) is 0.833. The molecule has 0 spiro atoms. The molecule has 0 radical (unpaired) electrons. The van der Waals surface area contributed by atoms with Gasteiger partial charge < -0.3 is 5.11 Å². The number of hydrogen-bond acceptors (Lipinski definition) is 4. The zero-order valence-corrected chi connectivity index (χ0v) is 10.1. The van der Waals surface area contributed by atoms with Gasteiger partial charge in [-0.25, -0.2) is 4.68 Å². The quantitative estimate of drug-likeness (QED) is 0.837. The second-order valence-electron chi connectivity index (χ2n) is 5.48. The fourth-order valence-corrected chi connectivity index (χ4v) is 3.22. The molecule has 1 unspecified atom stereocenters. The maximum atomic E-state index is 10.6. The molecule has 94 valence electrons. The van der Waals surface area contributed by atoms with Crippen LogP contribution in [-0.2, 0) is 6.54 Å². The summed E-state index contributed by atoms with van der Waals surface area (Å²) >= 11 is 0. The van der Waals surface area contributed by atoms with Crippen LogP contribution in [0, 0.1) is 0 Å². The first-order valence-corrected chi connectivity index (χ1v) is 6.56. The molecule has 0 aromatic carbocycles. The average molecular weight is 236 g/mol. The Balaban J connectivity index is 1.61. The number of aliphatic hydroxyl groups is 1. The van der Waals surface area contributed by atoms with Crippen molar-refractivity contribution in [3.05, 3.63) is 12.4 Å². The number of β-amino-alcohol motifs (C(OH)–C–C–N with tert-alkyl or cyclic N) is 1. The third-order valence-electron chi connectivity index (χ3n) is 4.13. The van der Waals surface area contributed by atoms with E-state index in [1.807, 2.05) is 6.20 Å². The molecule has 5 heteroatoms. The molecular weight excluding hydrogens is 216 g/mol. The van der Waals surface area contributed by atoms with Gasteiger partial charge >= 0.3 is 0 Å². The molecule has 3 rings (SSSR count). The number of rotatable bonds is 3. The summed E-state index contributed by atoms with van der Waals surface area (Å²) in [6.07, 6.45) is 9.64. The van der Waals surface area contributed by atoms with Gasteiger partial charge in [0.2, 0.25) is 0 Å². The van der Waals surface area contributed by atoms with Crippen LogP contribution < -0.4 is 0 Å². The molecule has 1 saturated heterocycles. The lowest BCUT2D eigenvalue weighted by Gasteiger charge is -2.26. The zero-order chi connectivity index (χ0) is 11.7. The molecule has 2 heterocycles. The Hall–Kier alpha value is -0.940. The number of aromatic nitrogens is 3. The van der Waals surface area contributed by atoms with E-state index in [4.69, 9.17) is 0 Å². The summed E-state index contributed by atoms with van der Waals surface area (Å²) in [6, 6.07) is 0.708. The van der Waals surface area contributed by atoms with Crippen molar-refractivity contribution in [1.82, 2.24) is 19.9 Å². The highest BCUT2D eigenvalue weighted by Crippen LogP contribution is 2.31. The van der Waals surface area contributed by atoms with Crippen LogP contribution in [0.15, 0.2) is 12.4 Å². The highest BCUT2D eigenvalue weighted by molar-refractivity contribution is 4.93. The highest BCUT2D eigenvalue weighted by Gasteiger charge is 2.39. The SMILES string of the molecule is OC1(Cn2ccnn2)CCN(C2CCCC2)C1. The Bertz CT molecular complexity index is 361. The van der Waals surface area contributed by atoms with E-state index in [-0.39, 0.29) is 0 Å². The molecule has 1 aromatic rings. The molecular formula is C12H20N4O. The van der Waals surface area contributed by atoms with Crippen molar-refractivity contribution in [1.29, 1.82) is 0 Å². The van der Waals surface area contributed by atoms with Gasteiger partial charge in [-0.3, -0.25) is 4.90 Å². The van der Waals surface area contributed by atoms with Gasteiger partial charge in [0.25, 0.3) is 0 Å². The minimum atomic E-state index is -0.615. The lowest BCUT2D eigenvalue weighted by Crippen LogP contribution is -2.40. The standard InChI is InChI=1S/C12H20N4O/c17-12(10-16-8-6-13-14-16)5-7-15(9-12)11-3-1-2-4-11/h6,8,11,17H,1-5,7,9-10H2. The van der Waals surface area contributed by atoms with Crippen LogP contribution in [0.3, 0.4) is 0 Å². The molecule has 1 aliphatic heterocycles. The first kappa shape index (κ1) is 11.2. The third kappa shape index (κ3) is 2.35. The predicted octanol–water partition coefficient (Wildman–Crippen LogP) is 0.657. The van der Waals surface area contributed by atoms with Crippen molar-refractivity contribution in [2.45, 2.75) is 50.3 Å². The van der Waals surface area contributed by atoms with Gasteiger partial charge in [-0.2, -0.15) is 0 Å². The summed E-state index contributed by atoms with van der Waals surface area (Å²) in [5.74, 6) is 0. The molecule has 5 nitrogen and oxygen atoms in total. The summed E-state index contributed by atoms with van der Waals surface area (Å²) in [5.41, 5.74) is -0.615. The monoisotopic (exact) mass is 236 g/mol. The normalized spacial score (nSPS) is 31.4. The Morgan fingerprint density at radius 1 is 1.35 bits per heavy atom. The van der Waals surface area contributed by atoms with Crippen LogP contribution in [0.1, 0.15) is 32.1 Å². The summed E-state index contributed by atoms with van der Waals surface area (Å²) in [5, 5.41) is 18.3. The van der Waals surface area contributed by atoms with E-state index < -0.39 is 5.60 Å². The van der Waals surface area contributed by atoms with Crippen molar-refractivity contribution in [2.24, 2.45) is 0 Å². The van der Waals surface area contributed by atoms with Crippen LogP contribution in [0.25, 0.3) is 0 Å². The number of nitrogens with zero attached hydrogens (tertiary/aromatic N) is 4. The van der Waals surface area contributed by atoms with E-state index in [0.29, 0.717) is 12.6 Å². The fourth-order valence-electron chi connectivity index (χ4n) is 3.22. The molecule has 17 heavy (non-hydrogen) atoms. The van der Waals surface area contributed by atoms with E-state index in [1.165, 1.54) is 25.7 Å².